The Kier molecular flexibility index (Phi) is 11.2. The summed E-state index contributed by atoms with van der Waals surface area (Å²) < 4.78 is 20.0. The summed E-state index contributed by atoms with van der Waals surface area (Å²) in [5.74, 6) is -1.03. The summed E-state index contributed by atoms with van der Waals surface area (Å²) in [6.07, 6.45) is 0.682. The molecule has 0 aliphatic rings. The summed E-state index contributed by atoms with van der Waals surface area (Å²) in [5.41, 5.74) is 0. The Morgan fingerprint density at radius 2 is 1.33 bits per heavy atom. The maximum atomic E-state index is 11.1. The average Bonchev–Trinajstić information content (AvgIpc) is 2.50. The van der Waals surface area contributed by atoms with Gasteiger partial charge in [-0.25, -0.2) is 0 Å². The molecule has 0 aromatic heterocycles. The Bertz CT molecular complexity index is 305. The van der Waals surface area contributed by atoms with Gasteiger partial charge in [-0.15, -0.1) is 0 Å². The molecule has 122 valence electrons. The predicted molar refractivity (Wildman–Crippen MR) is 73.2 cm³/mol. The standard InChI is InChI=1S/C14H24O7/c1-4-12(15)18-8-7-11(9-19-13(16)5-2)20-10-21-14(17)6-3/h11H,4-10H2,1-3H3/t11-/m0/s1. The molecule has 0 heterocycles. The zero-order valence-corrected chi connectivity index (χ0v) is 12.9. The van der Waals surface area contributed by atoms with Gasteiger partial charge in [0.25, 0.3) is 0 Å². The minimum atomic E-state index is -0.491. The molecule has 0 rings (SSSR count). The van der Waals surface area contributed by atoms with Gasteiger partial charge in [-0.3, -0.25) is 14.4 Å². The van der Waals surface area contributed by atoms with Crippen molar-refractivity contribution < 1.29 is 33.3 Å². The lowest BCUT2D eigenvalue weighted by Gasteiger charge is -2.17. The van der Waals surface area contributed by atoms with E-state index in [0.29, 0.717) is 12.8 Å². The maximum Gasteiger partial charge on any atom is 0.307 e. The van der Waals surface area contributed by atoms with E-state index >= 15 is 0 Å². The molecule has 0 fully saturated rings. The van der Waals surface area contributed by atoms with Gasteiger partial charge < -0.3 is 18.9 Å². The molecule has 0 spiro atoms. The number of ether oxygens (including phenoxy) is 4. The Hall–Kier alpha value is -1.63. The fourth-order valence-corrected chi connectivity index (χ4v) is 1.21. The third-order valence-corrected chi connectivity index (χ3v) is 2.52. The van der Waals surface area contributed by atoms with Crippen molar-refractivity contribution in [2.75, 3.05) is 20.0 Å². The van der Waals surface area contributed by atoms with Gasteiger partial charge in [0.2, 0.25) is 0 Å². The van der Waals surface area contributed by atoms with Crippen molar-refractivity contribution in [3.63, 3.8) is 0 Å². The van der Waals surface area contributed by atoms with Crippen molar-refractivity contribution in [3.8, 4) is 0 Å². The molecule has 7 nitrogen and oxygen atoms in total. The van der Waals surface area contributed by atoms with Crippen molar-refractivity contribution in [1.29, 1.82) is 0 Å². The summed E-state index contributed by atoms with van der Waals surface area (Å²) >= 11 is 0. The average molecular weight is 304 g/mol. The zero-order chi connectivity index (χ0) is 16.1. The van der Waals surface area contributed by atoms with E-state index < -0.39 is 6.10 Å². The van der Waals surface area contributed by atoms with Crippen LogP contribution in [0.15, 0.2) is 0 Å². The predicted octanol–water partition coefficient (Wildman–Crippen LogP) is 1.58. The van der Waals surface area contributed by atoms with Crippen LogP contribution >= 0.6 is 0 Å². The van der Waals surface area contributed by atoms with Crippen molar-refractivity contribution in [3.05, 3.63) is 0 Å². The van der Waals surface area contributed by atoms with Crippen LogP contribution in [0.3, 0.4) is 0 Å². The minimum Gasteiger partial charge on any atom is -0.466 e. The lowest BCUT2D eigenvalue weighted by atomic mass is 10.3. The Labute approximate surface area is 124 Å². The van der Waals surface area contributed by atoms with Gasteiger partial charge in [-0.05, 0) is 0 Å². The lowest BCUT2D eigenvalue weighted by Crippen LogP contribution is -2.26. The molecule has 0 bridgehead atoms. The molecular weight excluding hydrogens is 280 g/mol. The van der Waals surface area contributed by atoms with Gasteiger partial charge in [-0.1, -0.05) is 20.8 Å². The van der Waals surface area contributed by atoms with E-state index in [9.17, 15) is 14.4 Å². The van der Waals surface area contributed by atoms with Gasteiger partial charge in [0.05, 0.1) is 12.7 Å². The highest BCUT2D eigenvalue weighted by molar-refractivity contribution is 5.69. The van der Waals surface area contributed by atoms with Crippen LogP contribution in [-0.2, 0) is 33.3 Å². The van der Waals surface area contributed by atoms with E-state index in [1.54, 1.807) is 20.8 Å². The number of esters is 3. The minimum absolute atomic E-state index is 0.0278. The quantitative estimate of drug-likeness (QED) is 0.325. The molecule has 21 heavy (non-hydrogen) atoms. The lowest BCUT2D eigenvalue weighted by molar-refractivity contribution is -0.169. The van der Waals surface area contributed by atoms with Crippen molar-refractivity contribution in [2.45, 2.75) is 52.6 Å². The van der Waals surface area contributed by atoms with Gasteiger partial charge in [0.15, 0.2) is 6.79 Å². The highest BCUT2D eigenvalue weighted by atomic mass is 16.7. The molecule has 0 aliphatic carbocycles. The van der Waals surface area contributed by atoms with E-state index in [1.807, 2.05) is 0 Å². The van der Waals surface area contributed by atoms with Crippen LogP contribution in [0.1, 0.15) is 46.5 Å². The highest BCUT2D eigenvalue weighted by Crippen LogP contribution is 2.03. The molecule has 7 heteroatoms. The molecule has 0 aliphatic heterocycles. The second kappa shape index (κ2) is 12.1. The Morgan fingerprint density at radius 1 is 0.810 bits per heavy atom. The monoisotopic (exact) mass is 304 g/mol. The molecule has 0 saturated carbocycles. The molecule has 0 unspecified atom stereocenters. The third-order valence-electron chi connectivity index (χ3n) is 2.52. The summed E-state index contributed by atoms with van der Waals surface area (Å²) in [6, 6.07) is 0. The summed E-state index contributed by atoms with van der Waals surface area (Å²) in [4.78, 5) is 33.1. The zero-order valence-electron chi connectivity index (χ0n) is 12.9. The molecular formula is C14H24O7. The molecule has 0 amide bonds. The number of hydrogen-bond acceptors (Lipinski definition) is 7. The van der Waals surface area contributed by atoms with Crippen molar-refractivity contribution >= 4 is 17.9 Å². The third kappa shape index (κ3) is 10.8. The molecule has 0 N–H and O–H groups in total. The number of carbonyl (C=O) groups is 3. The van der Waals surface area contributed by atoms with E-state index in [-0.39, 0.29) is 50.8 Å². The van der Waals surface area contributed by atoms with Crippen molar-refractivity contribution in [1.82, 2.24) is 0 Å². The van der Waals surface area contributed by atoms with E-state index in [0.717, 1.165) is 0 Å². The first-order valence-electron chi connectivity index (χ1n) is 7.11. The van der Waals surface area contributed by atoms with Crippen LogP contribution in [0, 0.1) is 0 Å². The summed E-state index contributed by atoms with van der Waals surface area (Å²) in [5, 5.41) is 0. The van der Waals surface area contributed by atoms with Crippen LogP contribution in [0.5, 0.6) is 0 Å². The van der Waals surface area contributed by atoms with Crippen LogP contribution in [0.2, 0.25) is 0 Å². The Balaban J connectivity index is 4.10. The van der Waals surface area contributed by atoms with E-state index in [4.69, 9.17) is 18.9 Å². The first-order chi connectivity index (χ1) is 10.0. The smallest absolute Gasteiger partial charge is 0.307 e. The first kappa shape index (κ1) is 19.4. The fraction of sp³-hybridized carbons (Fsp3) is 0.786. The largest absolute Gasteiger partial charge is 0.466 e. The maximum absolute atomic E-state index is 11.1. The van der Waals surface area contributed by atoms with Crippen molar-refractivity contribution in [2.24, 2.45) is 0 Å². The van der Waals surface area contributed by atoms with Crippen LogP contribution in [0.25, 0.3) is 0 Å². The number of rotatable bonds is 11. The SMILES string of the molecule is CCC(=O)OCC[C@@H](COC(=O)CC)OCOC(=O)CC. The van der Waals surface area contributed by atoms with Crippen LogP contribution in [0.4, 0.5) is 0 Å². The summed E-state index contributed by atoms with van der Waals surface area (Å²) in [7, 11) is 0. The van der Waals surface area contributed by atoms with Gasteiger partial charge in [0.1, 0.15) is 6.61 Å². The normalized spacial score (nSPS) is 11.6. The van der Waals surface area contributed by atoms with Crippen LogP contribution < -0.4 is 0 Å². The molecule has 0 aromatic carbocycles. The molecule has 0 aromatic rings. The second-order valence-corrected chi connectivity index (χ2v) is 4.18. The fourth-order valence-electron chi connectivity index (χ4n) is 1.21. The van der Waals surface area contributed by atoms with Crippen LogP contribution in [-0.4, -0.2) is 44.0 Å². The highest BCUT2D eigenvalue weighted by Gasteiger charge is 2.14. The number of hydrogen-bond donors (Lipinski definition) is 0. The van der Waals surface area contributed by atoms with Gasteiger partial charge in [-0.2, -0.15) is 0 Å². The number of carbonyl (C=O) groups excluding carboxylic acids is 3. The molecule has 0 radical (unpaired) electrons. The topological polar surface area (TPSA) is 88.1 Å². The van der Waals surface area contributed by atoms with Gasteiger partial charge >= 0.3 is 17.9 Å². The molecule has 0 saturated heterocycles. The first-order valence-corrected chi connectivity index (χ1v) is 7.11. The van der Waals surface area contributed by atoms with E-state index in [2.05, 4.69) is 0 Å². The Morgan fingerprint density at radius 3 is 1.90 bits per heavy atom. The molecule has 1 atom stereocenters. The second-order valence-electron chi connectivity index (χ2n) is 4.18. The van der Waals surface area contributed by atoms with Gasteiger partial charge in [0, 0.05) is 25.7 Å². The summed E-state index contributed by atoms with van der Waals surface area (Å²) in [6.45, 7) is 5.02. The van der Waals surface area contributed by atoms with E-state index in [1.165, 1.54) is 0 Å².